The number of ether oxygens (including phenoxy) is 1. The number of para-hydroxylation sites is 2. The lowest BCUT2D eigenvalue weighted by molar-refractivity contribution is -0.120. The van der Waals surface area contributed by atoms with E-state index in [0.29, 0.717) is 13.0 Å². The van der Waals surface area contributed by atoms with Crippen molar-refractivity contribution < 1.29 is 9.53 Å². The first-order valence-corrected chi connectivity index (χ1v) is 8.83. The number of hydrogen-bond acceptors (Lipinski definition) is 3. The summed E-state index contributed by atoms with van der Waals surface area (Å²) in [4.78, 5) is 17.1. The second-order valence-electron chi connectivity index (χ2n) is 6.41. The van der Waals surface area contributed by atoms with E-state index in [2.05, 4.69) is 23.3 Å². The van der Waals surface area contributed by atoms with Crippen molar-refractivity contribution in [2.24, 2.45) is 0 Å². The van der Waals surface area contributed by atoms with Crippen LogP contribution in [0, 0.1) is 13.8 Å². The highest BCUT2D eigenvalue weighted by molar-refractivity contribution is 5.86. The van der Waals surface area contributed by atoms with Crippen LogP contribution in [0.5, 0.6) is 5.75 Å². The number of amides is 1. The molecule has 0 bridgehead atoms. The summed E-state index contributed by atoms with van der Waals surface area (Å²) in [5.74, 6) is 0.871. The van der Waals surface area contributed by atoms with Crippen molar-refractivity contribution in [1.82, 2.24) is 10.3 Å². The van der Waals surface area contributed by atoms with Gasteiger partial charge in [0.05, 0.1) is 19.0 Å². The molecule has 26 heavy (non-hydrogen) atoms. The Balaban J connectivity index is 1.66. The number of carbonyl (C=O) groups excluding carboxylic acids is 1. The summed E-state index contributed by atoms with van der Waals surface area (Å²) in [6.45, 7) is 4.61. The van der Waals surface area contributed by atoms with Crippen LogP contribution in [0.25, 0.3) is 10.9 Å². The maximum absolute atomic E-state index is 12.4. The van der Waals surface area contributed by atoms with Crippen LogP contribution >= 0.6 is 0 Å². The van der Waals surface area contributed by atoms with Gasteiger partial charge in [0.15, 0.2) is 0 Å². The summed E-state index contributed by atoms with van der Waals surface area (Å²) >= 11 is 0. The van der Waals surface area contributed by atoms with Gasteiger partial charge in [-0.25, -0.2) is 0 Å². The number of rotatable bonds is 6. The molecule has 4 heteroatoms. The minimum absolute atomic E-state index is 0.0168. The second kappa shape index (κ2) is 8.00. The van der Waals surface area contributed by atoms with Gasteiger partial charge < -0.3 is 10.1 Å². The van der Waals surface area contributed by atoms with Crippen molar-refractivity contribution >= 4 is 16.8 Å². The van der Waals surface area contributed by atoms with Crippen molar-refractivity contribution in [2.75, 3.05) is 13.7 Å². The fraction of sp³-hybridized carbons (Fsp3) is 0.273. The number of pyridine rings is 1. The highest BCUT2D eigenvalue weighted by Gasteiger charge is 2.13. The highest BCUT2D eigenvalue weighted by Crippen LogP contribution is 2.23. The molecule has 4 nitrogen and oxygen atoms in total. The molecule has 1 heterocycles. The molecule has 0 saturated heterocycles. The number of hydrogen-bond donors (Lipinski definition) is 1. The van der Waals surface area contributed by atoms with E-state index in [4.69, 9.17) is 4.74 Å². The van der Waals surface area contributed by atoms with Crippen LogP contribution in [-0.2, 0) is 17.6 Å². The largest absolute Gasteiger partial charge is 0.496 e. The van der Waals surface area contributed by atoms with E-state index >= 15 is 0 Å². The molecule has 3 rings (SSSR count). The molecule has 0 aliphatic rings. The molecule has 0 aliphatic heterocycles. The van der Waals surface area contributed by atoms with Crippen LogP contribution in [0.2, 0.25) is 0 Å². The third kappa shape index (κ3) is 3.85. The molecule has 1 amide bonds. The van der Waals surface area contributed by atoms with Gasteiger partial charge in [0, 0.05) is 17.6 Å². The van der Waals surface area contributed by atoms with Crippen LogP contribution in [-0.4, -0.2) is 24.5 Å². The number of aromatic nitrogens is 1. The van der Waals surface area contributed by atoms with Crippen molar-refractivity contribution in [3.63, 3.8) is 0 Å². The Hall–Kier alpha value is -2.88. The van der Waals surface area contributed by atoms with Crippen molar-refractivity contribution in [3.8, 4) is 5.75 Å². The lowest BCUT2D eigenvalue weighted by Crippen LogP contribution is -2.28. The predicted molar refractivity (Wildman–Crippen MR) is 105 cm³/mol. The van der Waals surface area contributed by atoms with Crippen LogP contribution in [0.3, 0.4) is 0 Å². The van der Waals surface area contributed by atoms with Crippen LogP contribution in [0.15, 0.2) is 48.5 Å². The third-order valence-corrected chi connectivity index (χ3v) is 4.73. The number of fused-ring (bicyclic) bond motifs is 1. The normalized spacial score (nSPS) is 10.7. The summed E-state index contributed by atoms with van der Waals surface area (Å²) in [5, 5.41) is 4.12. The zero-order valence-corrected chi connectivity index (χ0v) is 15.5. The average molecular weight is 348 g/mol. The lowest BCUT2D eigenvalue weighted by Gasteiger charge is -2.13. The molecule has 0 saturated carbocycles. The molecule has 134 valence electrons. The van der Waals surface area contributed by atoms with Gasteiger partial charge in [0.25, 0.3) is 0 Å². The molecule has 0 unspecified atom stereocenters. The quantitative estimate of drug-likeness (QED) is 0.738. The van der Waals surface area contributed by atoms with E-state index in [1.54, 1.807) is 7.11 Å². The Morgan fingerprint density at radius 3 is 2.62 bits per heavy atom. The van der Waals surface area contributed by atoms with Gasteiger partial charge >= 0.3 is 0 Å². The minimum Gasteiger partial charge on any atom is -0.496 e. The molecular formula is C22H24N2O2. The van der Waals surface area contributed by atoms with Crippen LogP contribution in [0.1, 0.15) is 22.4 Å². The Labute approximate surface area is 154 Å². The Morgan fingerprint density at radius 1 is 1.08 bits per heavy atom. The number of nitrogens with zero attached hydrogens (tertiary/aromatic N) is 1. The first kappa shape index (κ1) is 17.9. The average Bonchev–Trinajstić information content (AvgIpc) is 2.65. The van der Waals surface area contributed by atoms with E-state index in [1.807, 2.05) is 49.4 Å². The lowest BCUT2D eigenvalue weighted by atomic mass is 9.99. The number of benzene rings is 2. The molecule has 0 spiro atoms. The van der Waals surface area contributed by atoms with E-state index in [1.165, 1.54) is 0 Å². The minimum atomic E-state index is 0.0168. The molecule has 3 aromatic rings. The molecule has 2 aromatic carbocycles. The first-order chi connectivity index (χ1) is 12.6. The summed E-state index contributed by atoms with van der Waals surface area (Å²) in [6, 6.07) is 15.9. The van der Waals surface area contributed by atoms with Gasteiger partial charge in [-0.1, -0.05) is 36.4 Å². The van der Waals surface area contributed by atoms with Crippen molar-refractivity contribution in [3.05, 3.63) is 70.9 Å². The summed E-state index contributed by atoms with van der Waals surface area (Å²) < 4.78 is 5.35. The van der Waals surface area contributed by atoms with E-state index in [0.717, 1.165) is 45.5 Å². The second-order valence-corrected chi connectivity index (χ2v) is 6.41. The summed E-state index contributed by atoms with van der Waals surface area (Å²) in [7, 11) is 1.66. The van der Waals surface area contributed by atoms with E-state index < -0.39 is 0 Å². The van der Waals surface area contributed by atoms with Gasteiger partial charge in [-0.05, 0) is 49.1 Å². The van der Waals surface area contributed by atoms with Crippen molar-refractivity contribution in [2.45, 2.75) is 26.7 Å². The van der Waals surface area contributed by atoms with Gasteiger partial charge in [-0.2, -0.15) is 0 Å². The van der Waals surface area contributed by atoms with Crippen molar-refractivity contribution in [1.29, 1.82) is 0 Å². The van der Waals surface area contributed by atoms with Gasteiger partial charge in [0.2, 0.25) is 5.91 Å². The molecule has 0 aliphatic carbocycles. The maximum atomic E-state index is 12.4. The SMILES string of the molecule is COc1ccccc1CCNC(=O)Cc1c(C)nc2ccccc2c1C. The standard InChI is InChI=1S/C22H24N2O2/c1-15-18-9-5-6-10-20(18)24-16(2)19(15)14-22(25)23-13-12-17-8-4-7-11-21(17)26-3/h4-11H,12-14H2,1-3H3,(H,23,25). The predicted octanol–water partition coefficient (Wildman–Crippen LogP) is 3.76. The van der Waals surface area contributed by atoms with Gasteiger partial charge in [-0.15, -0.1) is 0 Å². The number of carbonyl (C=O) groups is 1. The third-order valence-electron chi connectivity index (χ3n) is 4.73. The van der Waals surface area contributed by atoms with E-state index in [9.17, 15) is 4.79 Å². The fourth-order valence-electron chi connectivity index (χ4n) is 3.30. The molecule has 1 aromatic heterocycles. The zero-order chi connectivity index (χ0) is 18.5. The fourth-order valence-corrected chi connectivity index (χ4v) is 3.30. The number of nitrogens with one attached hydrogen (secondary N) is 1. The monoisotopic (exact) mass is 348 g/mol. The zero-order valence-electron chi connectivity index (χ0n) is 15.5. The van der Waals surface area contributed by atoms with Gasteiger partial charge in [-0.3, -0.25) is 9.78 Å². The molecule has 0 radical (unpaired) electrons. The smallest absolute Gasteiger partial charge is 0.224 e. The molecular weight excluding hydrogens is 324 g/mol. The van der Waals surface area contributed by atoms with Crippen LogP contribution in [0.4, 0.5) is 0 Å². The summed E-state index contributed by atoms with van der Waals surface area (Å²) in [6.07, 6.45) is 1.09. The number of methoxy groups -OCH3 is 1. The highest BCUT2D eigenvalue weighted by atomic mass is 16.5. The van der Waals surface area contributed by atoms with E-state index in [-0.39, 0.29) is 5.91 Å². The Bertz CT molecular complexity index is 935. The summed E-state index contributed by atoms with van der Waals surface area (Å²) in [5.41, 5.74) is 5.13. The Kier molecular flexibility index (Phi) is 5.52. The first-order valence-electron chi connectivity index (χ1n) is 8.83. The van der Waals surface area contributed by atoms with Crippen LogP contribution < -0.4 is 10.1 Å². The molecule has 0 atom stereocenters. The van der Waals surface area contributed by atoms with Gasteiger partial charge in [0.1, 0.15) is 5.75 Å². The maximum Gasteiger partial charge on any atom is 0.224 e. The molecule has 0 fully saturated rings. The molecule has 1 N–H and O–H groups in total. The topological polar surface area (TPSA) is 51.2 Å². The number of aryl methyl sites for hydroxylation is 2. The Morgan fingerprint density at radius 2 is 1.81 bits per heavy atom.